The molecule has 0 bridgehead atoms. The van der Waals surface area contributed by atoms with Crippen molar-refractivity contribution in [3.63, 3.8) is 0 Å². The first-order valence-corrected chi connectivity index (χ1v) is 26.7. The summed E-state index contributed by atoms with van der Waals surface area (Å²) in [7, 11) is 0. The Morgan fingerprint density at radius 1 is 0.493 bits per heavy atom. The predicted molar refractivity (Wildman–Crippen MR) is 276 cm³/mol. The van der Waals surface area contributed by atoms with Gasteiger partial charge >= 0.3 is 0 Å². The summed E-state index contributed by atoms with van der Waals surface area (Å²) in [4.78, 5) is 0. The van der Waals surface area contributed by atoms with E-state index in [1.807, 2.05) is 123 Å². The number of hydrogen-bond acceptors (Lipinski definition) is 8. The highest BCUT2D eigenvalue weighted by Gasteiger charge is 2.49. The normalized spacial score (nSPS) is 22.5. The van der Waals surface area contributed by atoms with Gasteiger partial charge in [0.1, 0.15) is 42.7 Å². The Hall–Kier alpha value is -3.88. The first kappa shape index (κ1) is 54.5. The molecular weight excluding hydrogens is 861 g/mol. The van der Waals surface area contributed by atoms with Crippen molar-refractivity contribution in [2.24, 2.45) is 0 Å². The molecule has 0 radical (unpaired) electrons. The molecule has 8 heteroatoms. The highest BCUT2D eigenvalue weighted by Crippen LogP contribution is 2.34. The molecule has 376 valence electrons. The fourth-order valence-electron chi connectivity index (χ4n) is 9.58. The van der Waals surface area contributed by atoms with Crippen LogP contribution >= 0.6 is 0 Å². The largest absolute Gasteiger partial charge is 0.378 e. The van der Waals surface area contributed by atoms with Crippen molar-refractivity contribution in [2.45, 2.75) is 217 Å². The maximum Gasteiger partial charge on any atom is 0.163 e. The monoisotopic (exact) mass is 945 g/mol. The summed E-state index contributed by atoms with van der Waals surface area (Å²) in [5.74, 6) is 5.68. The molecule has 1 N–H and O–H groups in total. The number of rotatable bonds is 32. The molecular formula is C61H84O8. The minimum atomic E-state index is -1.12. The lowest BCUT2D eigenvalue weighted by Gasteiger charge is -2.45. The molecule has 4 aromatic rings. The Morgan fingerprint density at radius 3 is 1.36 bits per heavy atom. The second-order valence-corrected chi connectivity index (χ2v) is 19.7. The van der Waals surface area contributed by atoms with E-state index in [0.717, 1.165) is 41.5 Å². The van der Waals surface area contributed by atoms with Crippen molar-refractivity contribution in [1.82, 2.24) is 0 Å². The summed E-state index contributed by atoms with van der Waals surface area (Å²) in [5.41, 5.74) is 4.11. The average molecular weight is 945 g/mol. The van der Waals surface area contributed by atoms with Crippen LogP contribution in [0.4, 0.5) is 0 Å². The summed E-state index contributed by atoms with van der Waals surface area (Å²) in [6.07, 6.45) is 18.1. The van der Waals surface area contributed by atoms with E-state index in [0.29, 0.717) is 26.4 Å². The number of aliphatic hydroxyl groups is 1. The third-order valence-electron chi connectivity index (χ3n) is 13.4. The van der Waals surface area contributed by atoms with Gasteiger partial charge in [-0.1, -0.05) is 249 Å². The molecule has 0 spiro atoms. The van der Waals surface area contributed by atoms with Crippen LogP contribution in [-0.2, 0) is 59.6 Å². The van der Waals surface area contributed by atoms with Gasteiger partial charge in [0.2, 0.25) is 0 Å². The van der Waals surface area contributed by atoms with Crippen LogP contribution < -0.4 is 0 Å². The van der Waals surface area contributed by atoms with Crippen LogP contribution in [0.5, 0.6) is 0 Å². The fraction of sp³-hybridized carbons (Fsp3) is 0.574. The van der Waals surface area contributed by atoms with E-state index >= 15 is 0 Å². The molecule has 0 unspecified atom stereocenters. The Kier molecular flexibility index (Phi) is 24.8. The van der Waals surface area contributed by atoms with Gasteiger partial charge < -0.3 is 38.3 Å². The number of unbranched alkanes of at least 4 members (excludes halogenated alkanes) is 16. The highest BCUT2D eigenvalue weighted by atomic mass is 16.8. The first-order valence-electron chi connectivity index (χ1n) is 26.7. The number of ether oxygens (including phenoxy) is 7. The molecule has 0 saturated carbocycles. The molecule has 69 heavy (non-hydrogen) atoms. The molecule has 2 aliphatic rings. The van der Waals surface area contributed by atoms with Crippen molar-refractivity contribution >= 4 is 0 Å². The molecule has 6 rings (SSSR count). The van der Waals surface area contributed by atoms with E-state index in [1.54, 1.807) is 0 Å². The zero-order valence-electron chi connectivity index (χ0n) is 42.2. The zero-order valence-corrected chi connectivity index (χ0v) is 42.2. The number of aliphatic hydroxyl groups excluding tert-OH is 1. The van der Waals surface area contributed by atoms with E-state index in [2.05, 4.69) is 30.9 Å². The lowest BCUT2D eigenvalue weighted by atomic mass is 9.93. The van der Waals surface area contributed by atoms with E-state index in [-0.39, 0.29) is 12.7 Å². The van der Waals surface area contributed by atoms with Crippen molar-refractivity contribution in [3.8, 4) is 11.8 Å². The zero-order chi connectivity index (χ0) is 48.2. The van der Waals surface area contributed by atoms with Crippen LogP contribution in [0.2, 0.25) is 0 Å². The van der Waals surface area contributed by atoms with Crippen molar-refractivity contribution in [1.29, 1.82) is 0 Å². The lowest BCUT2D eigenvalue weighted by Crippen LogP contribution is -2.61. The lowest BCUT2D eigenvalue weighted by molar-refractivity contribution is -0.261. The molecule has 0 aromatic heterocycles. The quantitative estimate of drug-likeness (QED) is 0.0383. The fourth-order valence-corrected chi connectivity index (χ4v) is 9.58. The smallest absolute Gasteiger partial charge is 0.163 e. The Bertz CT molecular complexity index is 1970. The van der Waals surface area contributed by atoms with Gasteiger partial charge in [-0.2, -0.15) is 0 Å². The summed E-state index contributed by atoms with van der Waals surface area (Å²) in [6.45, 7) is 7.71. The SMILES string of the molecule is CCCCCCCCCCCCCCCCCCC[C@H]1OC(C)(C)O[C@H]1[C@H](O)C#C[C@H]1O[C@H](COCc2ccccc2)[C@H](OCc2ccccc2)[C@H](OCc2ccccc2)[C@H]1OCc1ccccc1. The second kappa shape index (κ2) is 31.5. The Morgan fingerprint density at radius 2 is 0.899 bits per heavy atom. The van der Waals surface area contributed by atoms with Gasteiger partial charge in [0.25, 0.3) is 0 Å². The first-order chi connectivity index (χ1) is 33.9. The van der Waals surface area contributed by atoms with E-state index in [1.165, 1.54) is 96.3 Å². The van der Waals surface area contributed by atoms with Crippen LogP contribution in [0.15, 0.2) is 121 Å². The molecule has 2 fully saturated rings. The van der Waals surface area contributed by atoms with Gasteiger partial charge in [-0.15, -0.1) is 0 Å². The van der Waals surface area contributed by atoms with E-state index in [9.17, 15) is 5.11 Å². The van der Waals surface area contributed by atoms with Crippen LogP contribution in [0.1, 0.15) is 159 Å². The van der Waals surface area contributed by atoms with Gasteiger partial charge in [-0.05, 0) is 42.5 Å². The highest BCUT2D eigenvalue weighted by molar-refractivity contribution is 5.20. The van der Waals surface area contributed by atoms with Gasteiger partial charge in [0, 0.05) is 0 Å². The van der Waals surface area contributed by atoms with Crippen LogP contribution in [0.3, 0.4) is 0 Å². The number of hydrogen-bond donors (Lipinski definition) is 1. The summed E-state index contributed by atoms with van der Waals surface area (Å²) in [6, 6.07) is 40.4. The van der Waals surface area contributed by atoms with Crippen LogP contribution in [-0.4, -0.2) is 66.3 Å². The van der Waals surface area contributed by atoms with Gasteiger partial charge in [0.05, 0.1) is 39.1 Å². The Balaban J connectivity index is 1.10. The van der Waals surface area contributed by atoms with Crippen molar-refractivity contribution in [3.05, 3.63) is 144 Å². The van der Waals surface area contributed by atoms with E-state index < -0.39 is 48.5 Å². The predicted octanol–water partition coefficient (Wildman–Crippen LogP) is 13.7. The molecule has 8 nitrogen and oxygen atoms in total. The molecule has 2 heterocycles. The van der Waals surface area contributed by atoms with Gasteiger partial charge in [-0.3, -0.25) is 0 Å². The molecule has 2 saturated heterocycles. The molecule has 8 atom stereocenters. The van der Waals surface area contributed by atoms with Gasteiger partial charge in [-0.25, -0.2) is 0 Å². The third kappa shape index (κ3) is 20.0. The maximum atomic E-state index is 11.9. The topological polar surface area (TPSA) is 84.8 Å². The standard InChI is InChI=1S/C61H84O8/c1-4-5-6-7-8-9-10-11-12-13-14-15-16-17-18-19-32-41-55-57(69-61(2,3)68-55)53(62)42-43-54-58(64-45-50-35-26-21-27-36-50)60(66-47-52-39-30-23-31-40-52)59(65-46-51-37-28-22-29-38-51)56(67-54)48-63-44-49-33-24-20-25-34-49/h20-31,33-40,53-60,62H,4-19,32,41,44-48H2,1-3H3/t53-,54-,55-,56-,57+,58+,59+,60-/m1/s1. The Labute approximate surface area is 416 Å². The molecule has 2 aliphatic heterocycles. The maximum absolute atomic E-state index is 11.9. The third-order valence-corrected chi connectivity index (χ3v) is 13.4. The van der Waals surface area contributed by atoms with Crippen LogP contribution in [0.25, 0.3) is 0 Å². The molecule has 4 aromatic carbocycles. The minimum Gasteiger partial charge on any atom is -0.378 e. The average Bonchev–Trinajstić information content (AvgIpc) is 3.69. The summed E-state index contributed by atoms with van der Waals surface area (Å²) in [5, 5.41) is 11.9. The summed E-state index contributed by atoms with van der Waals surface area (Å²) < 4.78 is 46.7. The van der Waals surface area contributed by atoms with Gasteiger partial charge in [0.15, 0.2) is 5.79 Å². The summed E-state index contributed by atoms with van der Waals surface area (Å²) >= 11 is 0. The van der Waals surface area contributed by atoms with Crippen LogP contribution in [0, 0.1) is 11.8 Å². The second-order valence-electron chi connectivity index (χ2n) is 19.7. The molecule has 0 aliphatic carbocycles. The van der Waals surface area contributed by atoms with Crippen molar-refractivity contribution in [2.75, 3.05) is 6.61 Å². The minimum absolute atomic E-state index is 0.223. The van der Waals surface area contributed by atoms with Crippen molar-refractivity contribution < 1.29 is 38.3 Å². The number of benzene rings is 4. The molecule has 0 amide bonds. The van der Waals surface area contributed by atoms with E-state index in [4.69, 9.17) is 33.2 Å².